The number of amides is 2. The Bertz CT molecular complexity index is 992. The van der Waals surface area contributed by atoms with Crippen molar-refractivity contribution in [2.24, 2.45) is 5.73 Å². The number of carbonyl (C=O) groups excluding carboxylic acids is 2. The van der Waals surface area contributed by atoms with Crippen molar-refractivity contribution in [2.45, 2.75) is 11.1 Å². The number of ether oxygens (including phenoxy) is 1. The molecule has 0 heterocycles. The van der Waals surface area contributed by atoms with Crippen molar-refractivity contribution in [3.8, 4) is 5.75 Å². The average Bonchev–Trinajstić information content (AvgIpc) is 2.65. The number of anilines is 1. The van der Waals surface area contributed by atoms with Crippen molar-refractivity contribution in [3.05, 3.63) is 54.1 Å². The first-order valence-electron chi connectivity index (χ1n) is 7.95. The molecule has 0 aliphatic carbocycles. The topological polar surface area (TPSA) is 128 Å². The highest BCUT2D eigenvalue weighted by Gasteiger charge is 2.31. The summed E-state index contributed by atoms with van der Waals surface area (Å²) in [5, 5.41) is 2.40. The van der Waals surface area contributed by atoms with E-state index in [4.69, 9.17) is 10.5 Å². The number of nitrogens with two attached hydrogens (primary N) is 1. The molecule has 8 nitrogen and oxygen atoms in total. The van der Waals surface area contributed by atoms with Gasteiger partial charge in [-0.25, -0.2) is 13.1 Å². The minimum atomic E-state index is -4.70. The number of hydrogen-bond acceptors (Lipinski definition) is 5. The van der Waals surface area contributed by atoms with E-state index in [0.717, 1.165) is 18.2 Å². The Labute approximate surface area is 163 Å². The van der Waals surface area contributed by atoms with E-state index in [1.807, 2.05) is 4.72 Å². The number of alkyl halides is 3. The summed E-state index contributed by atoms with van der Waals surface area (Å²) in [5.74, 6) is -1.08. The zero-order chi connectivity index (χ0) is 21.7. The SMILES string of the molecule is NC(=O)COc1ccc(NC(=O)CNS(=O)(=O)c2cccc(C(F)(F)F)c2)cc1. The first-order chi connectivity index (χ1) is 13.5. The van der Waals surface area contributed by atoms with Crippen LogP contribution in [0.25, 0.3) is 0 Å². The molecule has 0 aliphatic rings. The van der Waals surface area contributed by atoms with Gasteiger partial charge < -0.3 is 15.8 Å². The maximum atomic E-state index is 12.7. The van der Waals surface area contributed by atoms with Gasteiger partial charge in [-0.2, -0.15) is 13.2 Å². The van der Waals surface area contributed by atoms with Gasteiger partial charge in [0.25, 0.3) is 5.91 Å². The lowest BCUT2D eigenvalue weighted by molar-refractivity contribution is -0.137. The number of primary amides is 1. The van der Waals surface area contributed by atoms with E-state index in [9.17, 15) is 31.2 Å². The van der Waals surface area contributed by atoms with E-state index in [2.05, 4.69) is 5.32 Å². The largest absolute Gasteiger partial charge is 0.484 e. The van der Waals surface area contributed by atoms with E-state index < -0.39 is 45.0 Å². The number of rotatable bonds is 8. The summed E-state index contributed by atoms with van der Waals surface area (Å²) in [4.78, 5) is 21.9. The molecule has 2 rings (SSSR count). The lowest BCUT2D eigenvalue weighted by Crippen LogP contribution is -2.33. The summed E-state index contributed by atoms with van der Waals surface area (Å²) in [6.45, 7) is -1.01. The van der Waals surface area contributed by atoms with Crippen LogP contribution in [0, 0.1) is 0 Å². The average molecular weight is 431 g/mol. The van der Waals surface area contributed by atoms with Gasteiger partial charge in [0.2, 0.25) is 15.9 Å². The predicted octanol–water partition coefficient (Wildman–Crippen LogP) is 1.49. The summed E-state index contributed by atoms with van der Waals surface area (Å²) in [7, 11) is -4.33. The van der Waals surface area contributed by atoms with Gasteiger partial charge in [0.1, 0.15) is 5.75 Å². The van der Waals surface area contributed by atoms with Crippen LogP contribution in [0.4, 0.5) is 18.9 Å². The summed E-state index contributed by atoms with van der Waals surface area (Å²) in [6, 6.07) is 8.94. The molecule has 0 saturated heterocycles. The molecule has 0 radical (unpaired) electrons. The van der Waals surface area contributed by atoms with Crippen LogP contribution in [0.1, 0.15) is 5.56 Å². The number of sulfonamides is 1. The van der Waals surface area contributed by atoms with Crippen LogP contribution in [-0.4, -0.2) is 33.4 Å². The summed E-state index contributed by atoms with van der Waals surface area (Å²) < 4.78 is 69.4. The quantitative estimate of drug-likeness (QED) is 0.584. The molecule has 0 aliphatic heterocycles. The molecule has 12 heteroatoms. The van der Waals surface area contributed by atoms with Crippen molar-refractivity contribution in [2.75, 3.05) is 18.5 Å². The van der Waals surface area contributed by atoms with Crippen LogP contribution >= 0.6 is 0 Å². The fraction of sp³-hybridized carbons (Fsp3) is 0.176. The number of hydrogen-bond donors (Lipinski definition) is 3. The second-order valence-corrected chi connectivity index (χ2v) is 7.44. The Hall–Kier alpha value is -3.12. The summed E-state index contributed by atoms with van der Waals surface area (Å²) >= 11 is 0. The van der Waals surface area contributed by atoms with Gasteiger partial charge in [0.05, 0.1) is 17.0 Å². The van der Waals surface area contributed by atoms with Crippen molar-refractivity contribution in [3.63, 3.8) is 0 Å². The zero-order valence-corrected chi connectivity index (χ0v) is 15.5. The molecule has 29 heavy (non-hydrogen) atoms. The minimum absolute atomic E-state index is 0.305. The first kappa shape index (κ1) is 22.2. The lowest BCUT2D eigenvalue weighted by atomic mass is 10.2. The first-order valence-corrected chi connectivity index (χ1v) is 9.43. The highest BCUT2D eigenvalue weighted by molar-refractivity contribution is 7.89. The van der Waals surface area contributed by atoms with Crippen molar-refractivity contribution in [1.29, 1.82) is 0 Å². The third-order valence-corrected chi connectivity index (χ3v) is 4.81. The van der Waals surface area contributed by atoms with Gasteiger partial charge in [0, 0.05) is 5.69 Å². The fourth-order valence-corrected chi connectivity index (χ4v) is 3.11. The highest BCUT2D eigenvalue weighted by Crippen LogP contribution is 2.30. The van der Waals surface area contributed by atoms with E-state index in [1.54, 1.807) is 0 Å². The molecule has 0 aromatic heterocycles. The van der Waals surface area contributed by atoms with E-state index >= 15 is 0 Å². The standard InChI is InChI=1S/C17H16F3N3O5S/c18-17(19,20)11-2-1-3-14(8-11)29(26,27)22-9-16(25)23-12-4-6-13(7-5-12)28-10-15(21)24/h1-8,22H,9-10H2,(H2,21,24)(H,23,25). The van der Waals surface area contributed by atoms with Crippen LogP contribution in [0.5, 0.6) is 5.75 Å². The van der Waals surface area contributed by atoms with Gasteiger partial charge in [-0.15, -0.1) is 0 Å². The van der Waals surface area contributed by atoms with Crippen LogP contribution in [0.2, 0.25) is 0 Å². The molecule has 0 spiro atoms. The molecule has 156 valence electrons. The Balaban J connectivity index is 1.95. The monoisotopic (exact) mass is 431 g/mol. The highest BCUT2D eigenvalue weighted by atomic mass is 32.2. The molecule has 0 fully saturated rings. The van der Waals surface area contributed by atoms with Crippen LogP contribution in [0.15, 0.2) is 53.4 Å². The second kappa shape index (κ2) is 8.92. The summed E-state index contributed by atoms with van der Waals surface area (Å²) in [6.07, 6.45) is -4.70. The zero-order valence-electron chi connectivity index (χ0n) is 14.7. The molecule has 0 bridgehead atoms. The van der Waals surface area contributed by atoms with Gasteiger partial charge >= 0.3 is 6.18 Å². The molecule has 2 aromatic carbocycles. The van der Waals surface area contributed by atoms with E-state index in [1.165, 1.54) is 24.3 Å². The third kappa shape index (κ3) is 6.76. The minimum Gasteiger partial charge on any atom is -0.484 e. The van der Waals surface area contributed by atoms with Crippen LogP contribution < -0.4 is 20.5 Å². The van der Waals surface area contributed by atoms with Crippen LogP contribution in [0.3, 0.4) is 0 Å². The third-order valence-electron chi connectivity index (χ3n) is 3.41. The number of carbonyl (C=O) groups is 2. The normalized spacial score (nSPS) is 11.7. The van der Waals surface area contributed by atoms with E-state index in [-0.39, 0.29) is 6.61 Å². The molecule has 0 unspecified atom stereocenters. The smallest absolute Gasteiger partial charge is 0.416 e. The number of nitrogens with one attached hydrogen (secondary N) is 2. The molecule has 4 N–H and O–H groups in total. The Morgan fingerprint density at radius 3 is 2.31 bits per heavy atom. The Morgan fingerprint density at radius 2 is 1.72 bits per heavy atom. The van der Waals surface area contributed by atoms with Crippen molar-refractivity contribution < 1.29 is 35.9 Å². The number of halogens is 3. The molecular weight excluding hydrogens is 415 g/mol. The van der Waals surface area contributed by atoms with Crippen molar-refractivity contribution >= 4 is 27.5 Å². The van der Waals surface area contributed by atoms with Gasteiger partial charge in [0.15, 0.2) is 6.61 Å². The second-order valence-electron chi connectivity index (χ2n) is 5.68. The van der Waals surface area contributed by atoms with Gasteiger partial charge in [-0.05, 0) is 42.5 Å². The molecule has 0 saturated carbocycles. The Kier molecular flexibility index (Phi) is 6.82. The molecular formula is C17H16F3N3O5S. The van der Waals surface area contributed by atoms with Crippen molar-refractivity contribution in [1.82, 2.24) is 4.72 Å². The molecule has 2 amide bonds. The van der Waals surface area contributed by atoms with E-state index in [0.29, 0.717) is 17.5 Å². The maximum Gasteiger partial charge on any atom is 0.416 e. The summed E-state index contributed by atoms with van der Waals surface area (Å²) in [5.41, 5.74) is 4.13. The molecule has 0 atom stereocenters. The fourth-order valence-electron chi connectivity index (χ4n) is 2.08. The predicted molar refractivity (Wildman–Crippen MR) is 96.4 cm³/mol. The number of benzene rings is 2. The molecule has 2 aromatic rings. The van der Waals surface area contributed by atoms with Gasteiger partial charge in [-0.3, -0.25) is 9.59 Å². The van der Waals surface area contributed by atoms with Crippen LogP contribution in [-0.2, 0) is 25.8 Å². The lowest BCUT2D eigenvalue weighted by Gasteiger charge is -2.11. The Morgan fingerprint density at radius 1 is 1.07 bits per heavy atom. The van der Waals surface area contributed by atoms with Gasteiger partial charge in [-0.1, -0.05) is 6.07 Å². The maximum absolute atomic E-state index is 12.7.